The number of hydrogen-bond donors (Lipinski definition) is 1. The summed E-state index contributed by atoms with van der Waals surface area (Å²) >= 11 is 0. The van der Waals surface area contributed by atoms with Crippen molar-refractivity contribution >= 4 is 24.1 Å². The molecule has 0 atom stereocenters. The third-order valence-electron chi connectivity index (χ3n) is 2.59. The first-order chi connectivity index (χ1) is 9.04. The van der Waals surface area contributed by atoms with E-state index >= 15 is 0 Å². The Bertz CT molecular complexity index is 564. The fraction of sp³-hybridized carbons (Fsp3) is 0.167. The molecule has 1 aromatic carbocycles. The highest BCUT2D eigenvalue weighted by molar-refractivity contribution is 6.03. The van der Waals surface area contributed by atoms with Crippen molar-refractivity contribution in [1.82, 2.24) is 5.06 Å². The van der Waals surface area contributed by atoms with Gasteiger partial charge in [-0.25, -0.2) is 4.79 Å². The average molecular weight is 263 g/mol. The number of rotatable bonds is 3. The predicted octanol–water partition coefficient (Wildman–Crippen LogP) is 0.425. The van der Waals surface area contributed by atoms with Gasteiger partial charge in [-0.2, -0.15) is 0 Å². The van der Waals surface area contributed by atoms with Crippen LogP contribution in [0.25, 0.3) is 0 Å². The molecule has 0 spiro atoms. The van der Waals surface area contributed by atoms with Crippen molar-refractivity contribution in [1.29, 1.82) is 0 Å². The number of carbonyl (C=O) groups excluding carboxylic acids is 4. The van der Waals surface area contributed by atoms with Crippen molar-refractivity contribution in [3.8, 4) is 5.75 Å². The van der Waals surface area contributed by atoms with Gasteiger partial charge >= 0.3 is 5.97 Å². The van der Waals surface area contributed by atoms with Crippen LogP contribution in [0.2, 0.25) is 0 Å². The fourth-order valence-electron chi connectivity index (χ4n) is 1.61. The number of benzene rings is 1. The number of amides is 2. The number of phenols is 1. The van der Waals surface area contributed by atoms with Gasteiger partial charge in [-0.05, 0) is 12.1 Å². The highest BCUT2D eigenvalue weighted by Gasteiger charge is 2.33. The molecular formula is C12H9NO6. The summed E-state index contributed by atoms with van der Waals surface area (Å²) in [6.07, 6.45) is 0.331. The molecule has 0 aromatic heterocycles. The second kappa shape index (κ2) is 4.89. The molecule has 2 rings (SSSR count). The molecule has 0 radical (unpaired) electrons. The maximum atomic E-state index is 11.7. The van der Waals surface area contributed by atoms with Gasteiger partial charge in [0.2, 0.25) is 0 Å². The number of carbonyl (C=O) groups is 4. The van der Waals surface area contributed by atoms with Gasteiger partial charge in [-0.15, -0.1) is 5.06 Å². The lowest BCUT2D eigenvalue weighted by molar-refractivity contribution is -0.172. The van der Waals surface area contributed by atoms with E-state index in [-0.39, 0.29) is 24.0 Å². The number of imide groups is 1. The van der Waals surface area contributed by atoms with Crippen LogP contribution in [0.4, 0.5) is 0 Å². The number of hydroxylamine groups is 2. The summed E-state index contributed by atoms with van der Waals surface area (Å²) in [5, 5.41) is 10.0. The van der Waals surface area contributed by atoms with E-state index in [1.54, 1.807) is 0 Å². The van der Waals surface area contributed by atoms with E-state index in [4.69, 9.17) is 0 Å². The minimum atomic E-state index is -1.08. The van der Waals surface area contributed by atoms with Crippen LogP contribution < -0.4 is 0 Å². The zero-order valence-electron chi connectivity index (χ0n) is 9.66. The molecule has 1 aromatic rings. The van der Waals surface area contributed by atoms with Gasteiger partial charge in [0, 0.05) is 12.8 Å². The predicted molar refractivity (Wildman–Crippen MR) is 60.0 cm³/mol. The van der Waals surface area contributed by atoms with Crippen molar-refractivity contribution in [3.05, 3.63) is 29.3 Å². The minimum absolute atomic E-state index is 0.0214. The van der Waals surface area contributed by atoms with Gasteiger partial charge in [0.1, 0.15) is 11.3 Å². The molecule has 0 saturated carbocycles. The summed E-state index contributed by atoms with van der Waals surface area (Å²) < 4.78 is 0. The monoisotopic (exact) mass is 263 g/mol. The third-order valence-corrected chi connectivity index (χ3v) is 2.59. The molecule has 98 valence electrons. The smallest absolute Gasteiger partial charge is 0.367 e. The number of phenolic OH excluding ortho intramolecular Hbond substituents is 1. The Morgan fingerprint density at radius 3 is 2.47 bits per heavy atom. The molecule has 0 aliphatic carbocycles. The van der Waals surface area contributed by atoms with E-state index in [2.05, 4.69) is 4.84 Å². The second-order valence-corrected chi connectivity index (χ2v) is 3.82. The zero-order chi connectivity index (χ0) is 14.0. The van der Waals surface area contributed by atoms with Crippen LogP contribution in [-0.4, -0.2) is 34.2 Å². The molecular weight excluding hydrogens is 254 g/mol. The van der Waals surface area contributed by atoms with Crippen LogP contribution in [-0.2, 0) is 14.4 Å². The lowest BCUT2D eigenvalue weighted by Crippen LogP contribution is -2.32. The van der Waals surface area contributed by atoms with Crippen LogP contribution in [0.5, 0.6) is 5.75 Å². The highest BCUT2D eigenvalue weighted by Crippen LogP contribution is 2.23. The highest BCUT2D eigenvalue weighted by atomic mass is 16.7. The van der Waals surface area contributed by atoms with Crippen molar-refractivity contribution in [3.63, 3.8) is 0 Å². The summed E-state index contributed by atoms with van der Waals surface area (Å²) in [5.41, 5.74) is -0.384. The van der Waals surface area contributed by atoms with Crippen molar-refractivity contribution in [2.45, 2.75) is 12.8 Å². The molecule has 2 amide bonds. The zero-order valence-corrected chi connectivity index (χ0v) is 9.66. The topological polar surface area (TPSA) is 101 Å². The quantitative estimate of drug-likeness (QED) is 0.626. The molecule has 19 heavy (non-hydrogen) atoms. The van der Waals surface area contributed by atoms with Gasteiger partial charge < -0.3 is 9.94 Å². The van der Waals surface area contributed by atoms with Crippen LogP contribution in [0.1, 0.15) is 33.6 Å². The van der Waals surface area contributed by atoms with Gasteiger partial charge in [-0.1, -0.05) is 6.07 Å². The molecule has 1 fully saturated rings. The fourth-order valence-corrected chi connectivity index (χ4v) is 1.61. The summed E-state index contributed by atoms with van der Waals surface area (Å²) in [6.45, 7) is 0. The minimum Gasteiger partial charge on any atom is -0.506 e. The van der Waals surface area contributed by atoms with E-state index in [1.165, 1.54) is 18.2 Å². The molecule has 1 aliphatic heterocycles. The molecule has 1 N–H and O–H groups in total. The summed E-state index contributed by atoms with van der Waals surface area (Å²) in [5.74, 6) is -2.87. The Hall–Kier alpha value is -2.70. The Balaban J connectivity index is 2.23. The second-order valence-electron chi connectivity index (χ2n) is 3.82. The lowest BCUT2D eigenvalue weighted by atomic mass is 10.1. The Labute approximate surface area is 107 Å². The van der Waals surface area contributed by atoms with Gasteiger partial charge in [0.25, 0.3) is 11.8 Å². The maximum absolute atomic E-state index is 11.7. The van der Waals surface area contributed by atoms with Crippen LogP contribution in [0, 0.1) is 0 Å². The van der Waals surface area contributed by atoms with Crippen molar-refractivity contribution in [2.24, 2.45) is 0 Å². The van der Waals surface area contributed by atoms with E-state index < -0.39 is 23.5 Å². The largest absolute Gasteiger partial charge is 0.506 e. The molecule has 1 aliphatic rings. The van der Waals surface area contributed by atoms with E-state index in [0.29, 0.717) is 11.3 Å². The van der Waals surface area contributed by atoms with Crippen LogP contribution in [0.15, 0.2) is 18.2 Å². The number of nitrogens with zero attached hydrogens (tertiary/aromatic N) is 1. The third kappa shape index (κ3) is 2.30. The Morgan fingerprint density at radius 1 is 1.26 bits per heavy atom. The Morgan fingerprint density at radius 2 is 1.89 bits per heavy atom. The maximum Gasteiger partial charge on any atom is 0.367 e. The molecule has 7 nitrogen and oxygen atoms in total. The normalized spacial score (nSPS) is 14.6. The molecule has 1 heterocycles. The van der Waals surface area contributed by atoms with E-state index in [0.717, 1.165) is 0 Å². The first-order valence-electron chi connectivity index (χ1n) is 5.40. The molecule has 7 heteroatoms. The SMILES string of the molecule is O=Cc1cccc(C(=O)ON2C(=O)CCC2=O)c1O. The summed E-state index contributed by atoms with van der Waals surface area (Å²) in [6, 6.07) is 3.90. The first kappa shape index (κ1) is 12.7. The van der Waals surface area contributed by atoms with Gasteiger partial charge in [0.05, 0.1) is 5.56 Å². The van der Waals surface area contributed by atoms with Crippen LogP contribution >= 0.6 is 0 Å². The van der Waals surface area contributed by atoms with Gasteiger partial charge in [-0.3, -0.25) is 14.4 Å². The molecule has 0 bridgehead atoms. The van der Waals surface area contributed by atoms with Crippen molar-refractivity contribution < 1.29 is 29.1 Å². The average Bonchev–Trinajstić information content (AvgIpc) is 2.70. The number of hydrogen-bond acceptors (Lipinski definition) is 6. The summed E-state index contributed by atoms with van der Waals surface area (Å²) in [4.78, 5) is 49.5. The van der Waals surface area contributed by atoms with E-state index in [1.807, 2.05) is 0 Å². The number of para-hydroxylation sites is 1. The number of aldehydes is 1. The number of aromatic hydroxyl groups is 1. The van der Waals surface area contributed by atoms with E-state index in [9.17, 15) is 24.3 Å². The molecule has 0 unspecified atom stereocenters. The van der Waals surface area contributed by atoms with Crippen LogP contribution in [0.3, 0.4) is 0 Å². The van der Waals surface area contributed by atoms with Crippen molar-refractivity contribution in [2.75, 3.05) is 0 Å². The van der Waals surface area contributed by atoms with Gasteiger partial charge in [0.15, 0.2) is 6.29 Å². The lowest BCUT2D eigenvalue weighted by Gasteiger charge is -2.13. The standard InChI is InChI=1S/C12H9NO6/c14-6-7-2-1-3-8(11(7)17)12(18)19-13-9(15)4-5-10(13)16/h1-3,6,17H,4-5H2. The first-order valence-corrected chi connectivity index (χ1v) is 5.40. The summed E-state index contributed by atoms with van der Waals surface area (Å²) in [7, 11) is 0. The molecule has 1 saturated heterocycles. The Kier molecular flexibility index (Phi) is 3.28.